The summed E-state index contributed by atoms with van der Waals surface area (Å²) >= 11 is 0. The minimum Gasteiger partial charge on any atom is -0.480 e. The van der Waals surface area contributed by atoms with Crippen LogP contribution in [-0.4, -0.2) is 28.2 Å². The molecule has 10 heteroatoms. The number of carboxylic acid groups (broad SMARTS) is 1. The number of hydrogen-bond acceptors (Lipinski definition) is 7. The number of benzene rings is 2. The molecule has 2 rings (SSSR count). The molecule has 0 bridgehead atoms. The topological polar surface area (TPSA) is 142 Å². The van der Waals surface area contributed by atoms with Gasteiger partial charge in [0.1, 0.15) is 17.5 Å². The fourth-order valence-electron chi connectivity index (χ4n) is 1.84. The predicted molar refractivity (Wildman–Crippen MR) is 88.9 cm³/mol. The molecule has 25 heavy (non-hydrogen) atoms. The molecule has 2 aromatic rings. The number of nitro benzene ring substituents is 1. The minimum atomic E-state index is -3.99. The second kappa shape index (κ2) is 7.78. The van der Waals surface area contributed by atoms with Gasteiger partial charge in [0, 0.05) is 12.1 Å². The van der Waals surface area contributed by atoms with Crippen LogP contribution in [0.1, 0.15) is 0 Å². The third-order valence-electron chi connectivity index (χ3n) is 3.02. The van der Waals surface area contributed by atoms with Crippen molar-refractivity contribution in [3.05, 3.63) is 64.7 Å². The number of carbonyl (C=O) groups is 1. The zero-order valence-corrected chi connectivity index (χ0v) is 13.7. The first kappa shape index (κ1) is 18.4. The summed E-state index contributed by atoms with van der Waals surface area (Å²) in [4.78, 5) is 21.0. The van der Waals surface area contributed by atoms with E-state index >= 15 is 0 Å². The van der Waals surface area contributed by atoms with Gasteiger partial charge < -0.3 is 19.9 Å². The van der Waals surface area contributed by atoms with Crippen LogP contribution in [-0.2, 0) is 9.36 Å². The molecule has 0 aromatic heterocycles. The standard InChI is InChI=1S/C15H15N2O7P/c16-14(15(18)19)10-25(22,23-12-4-2-1-3-5-12)24-13-8-6-11(7-9-13)17(20)21/h1-9,14H,10,16H2,(H,18,19)/t14-,25?/m0/s1. The van der Waals surface area contributed by atoms with Crippen LogP contribution >= 0.6 is 7.60 Å². The van der Waals surface area contributed by atoms with Gasteiger partial charge in [-0.2, -0.15) is 0 Å². The lowest BCUT2D eigenvalue weighted by molar-refractivity contribution is -0.384. The molecule has 0 radical (unpaired) electrons. The van der Waals surface area contributed by atoms with E-state index < -0.39 is 30.7 Å². The van der Waals surface area contributed by atoms with Crippen LogP contribution in [0.15, 0.2) is 54.6 Å². The van der Waals surface area contributed by atoms with Crippen LogP contribution in [0, 0.1) is 10.1 Å². The number of carboxylic acids is 1. The third-order valence-corrected chi connectivity index (χ3v) is 4.84. The molecule has 0 fully saturated rings. The van der Waals surface area contributed by atoms with Crippen molar-refractivity contribution in [2.24, 2.45) is 5.73 Å². The molecule has 9 nitrogen and oxygen atoms in total. The second-order valence-corrected chi connectivity index (χ2v) is 6.94. The molecule has 0 saturated carbocycles. The van der Waals surface area contributed by atoms with Crippen LogP contribution in [0.4, 0.5) is 5.69 Å². The van der Waals surface area contributed by atoms with Crippen molar-refractivity contribution >= 4 is 19.3 Å². The maximum absolute atomic E-state index is 13.0. The smallest absolute Gasteiger partial charge is 0.432 e. The quantitative estimate of drug-likeness (QED) is 0.412. The van der Waals surface area contributed by atoms with Crippen LogP contribution in [0.5, 0.6) is 11.5 Å². The van der Waals surface area contributed by atoms with Crippen molar-refractivity contribution in [2.45, 2.75) is 6.04 Å². The Balaban J connectivity index is 2.25. The van der Waals surface area contributed by atoms with Gasteiger partial charge in [0.2, 0.25) is 0 Å². The normalized spacial score (nSPS) is 14.1. The summed E-state index contributed by atoms with van der Waals surface area (Å²) < 4.78 is 23.7. The van der Waals surface area contributed by atoms with Gasteiger partial charge in [0.25, 0.3) is 5.69 Å². The SMILES string of the molecule is N[C@@H](CP(=O)(Oc1ccccc1)Oc1ccc([N+](=O)[O-])cc1)C(=O)O. The summed E-state index contributed by atoms with van der Waals surface area (Å²) in [6.45, 7) is 0. The molecule has 0 heterocycles. The lowest BCUT2D eigenvalue weighted by Gasteiger charge is -2.21. The van der Waals surface area contributed by atoms with E-state index in [1.54, 1.807) is 18.2 Å². The Kier molecular flexibility index (Phi) is 5.74. The Morgan fingerprint density at radius 3 is 2.12 bits per heavy atom. The molecule has 0 aliphatic rings. The molecule has 0 spiro atoms. The average molecular weight is 366 g/mol. The van der Waals surface area contributed by atoms with Gasteiger partial charge in [0.15, 0.2) is 0 Å². The Bertz CT molecular complexity index is 795. The summed E-state index contributed by atoms with van der Waals surface area (Å²) in [6, 6.07) is 11.4. The maximum atomic E-state index is 13.0. The number of nitrogens with zero attached hydrogens (tertiary/aromatic N) is 1. The second-order valence-electron chi connectivity index (χ2n) is 4.98. The highest BCUT2D eigenvalue weighted by molar-refractivity contribution is 7.54. The van der Waals surface area contributed by atoms with E-state index in [-0.39, 0.29) is 17.2 Å². The number of non-ortho nitro benzene ring substituents is 1. The Hall–Kier alpha value is -2.90. The fraction of sp³-hybridized carbons (Fsp3) is 0.133. The van der Waals surface area contributed by atoms with E-state index in [1.165, 1.54) is 36.4 Å². The first-order valence-corrected chi connectivity index (χ1v) is 8.78. The highest BCUT2D eigenvalue weighted by Crippen LogP contribution is 2.49. The van der Waals surface area contributed by atoms with E-state index in [4.69, 9.17) is 19.9 Å². The summed E-state index contributed by atoms with van der Waals surface area (Å²) in [7, 11) is -3.99. The first-order valence-electron chi connectivity index (χ1n) is 7.05. The van der Waals surface area contributed by atoms with Crippen molar-refractivity contribution in [1.82, 2.24) is 0 Å². The Morgan fingerprint density at radius 1 is 1.12 bits per heavy atom. The van der Waals surface area contributed by atoms with Gasteiger partial charge >= 0.3 is 13.6 Å². The molecule has 0 aliphatic heterocycles. The van der Waals surface area contributed by atoms with Gasteiger partial charge in [-0.25, -0.2) is 4.57 Å². The Morgan fingerprint density at radius 2 is 1.64 bits per heavy atom. The summed E-state index contributed by atoms with van der Waals surface area (Å²) in [5, 5.41) is 19.6. The molecular formula is C15H15N2O7P. The molecular weight excluding hydrogens is 351 g/mol. The van der Waals surface area contributed by atoms with Crippen LogP contribution < -0.4 is 14.8 Å². The lowest BCUT2D eigenvalue weighted by atomic mass is 10.3. The maximum Gasteiger partial charge on any atom is 0.432 e. The summed E-state index contributed by atoms with van der Waals surface area (Å²) in [6.07, 6.45) is -0.575. The van der Waals surface area contributed by atoms with Crippen LogP contribution in [0.25, 0.3) is 0 Å². The van der Waals surface area contributed by atoms with Crippen molar-refractivity contribution in [3.63, 3.8) is 0 Å². The van der Waals surface area contributed by atoms with E-state index in [1.807, 2.05) is 0 Å². The number of nitrogens with two attached hydrogens (primary N) is 1. The number of para-hydroxylation sites is 1. The van der Waals surface area contributed by atoms with Gasteiger partial charge in [0.05, 0.1) is 11.1 Å². The van der Waals surface area contributed by atoms with Crippen LogP contribution in [0.3, 0.4) is 0 Å². The van der Waals surface area contributed by atoms with Crippen molar-refractivity contribution in [2.75, 3.05) is 6.16 Å². The fourth-order valence-corrected chi connectivity index (χ4v) is 3.55. The largest absolute Gasteiger partial charge is 0.480 e. The average Bonchev–Trinajstić information content (AvgIpc) is 2.55. The van der Waals surface area contributed by atoms with Crippen molar-refractivity contribution in [1.29, 1.82) is 0 Å². The number of aliphatic carboxylic acids is 1. The van der Waals surface area contributed by atoms with Gasteiger partial charge in [-0.05, 0) is 24.3 Å². The predicted octanol–water partition coefficient (Wildman–Crippen LogP) is 2.66. The molecule has 0 aliphatic carbocycles. The highest BCUT2D eigenvalue weighted by atomic mass is 31.2. The van der Waals surface area contributed by atoms with Gasteiger partial charge in [-0.3, -0.25) is 14.9 Å². The molecule has 0 amide bonds. The van der Waals surface area contributed by atoms with Crippen LogP contribution in [0.2, 0.25) is 0 Å². The lowest BCUT2D eigenvalue weighted by Crippen LogP contribution is -2.35. The zero-order chi connectivity index (χ0) is 18.4. The number of hydrogen-bond donors (Lipinski definition) is 2. The molecule has 3 N–H and O–H groups in total. The van der Waals surface area contributed by atoms with Crippen molar-refractivity contribution < 1.29 is 28.4 Å². The van der Waals surface area contributed by atoms with Gasteiger partial charge in [-0.1, -0.05) is 18.2 Å². The molecule has 2 atom stereocenters. The Labute approximate surface area is 142 Å². The monoisotopic (exact) mass is 366 g/mol. The molecule has 0 saturated heterocycles. The van der Waals surface area contributed by atoms with Gasteiger partial charge in [-0.15, -0.1) is 0 Å². The highest BCUT2D eigenvalue weighted by Gasteiger charge is 2.34. The van der Waals surface area contributed by atoms with E-state index in [2.05, 4.69) is 0 Å². The number of nitro groups is 1. The summed E-state index contributed by atoms with van der Waals surface area (Å²) in [5.41, 5.74) is 5.28. The molecule has 132 valence electrons. The van der Waals surface area contributed by atoms with Crippen molar-refractivity contribution in [3.8, 4) is 11.5 Å². The zero-order valence-electron chi connectivity index (χ0n) is 12.8. The molecule has 1 unspecified atom stereocenters. The minimum absolute atomic E-state index is 0.0300. The molecule has 2 aromatic carbocycles. The van der Waals surface area contributed by atoms with E-state index in [0.717, 1.165) is 0 Å². The summed E-state index contributed by atoms with van der Waals surface area (Å²) in [5.74, 6) is -1.11. The first-order chi connectivity index (χ1) is 11.8. The number of rotatable bonds is 8. The van der Waals surface area contributed by atoms with E-state index in [0.29, 0.717) is 0 Å². The third kappa shape index (κ3) is 5.30. The van der Waals surface area contributed by atoms with E-state index in [9.17, 15) is 19.5 Å².